The molecule has 4 aromatic rings. The summed E-state index contributed by atoms with van der Waals surface area (Å²) in [6.07, 6.45) is 2.28. The van der Waals surface area contributed by atoms with Gasteiger partial charge in [0.25, 0.3) is 11.8 Å². The molecule has 11 nitrogen and oxygen atoms in total. The number of carbonyl (C=O) groups excluding carboxylic acids is 4. The van der Waals surface area contributed by atoms with Crippen molar-refractivity contribution < 1.29 is 37.8 Å². The van der Waals surface area contributed by atoms with Gasteiger partial charge in [0.1, 0.15) is 29.4 Å². The van der Waals surface area contributed by atoms with E-state index in [4.69, 9.17) is 20.8 Å². The van der Waals surface area contributed by atoms with Gasteiger partial charge in [0.05, 0.1) is 48.3 Å². The Morgan fingerprint density at radius 1 is 0.833 bits per heavy atom. The SMILES string of the molecule is O=C1[C@@H]2C[C@@H]3C(=CC[C@@H]4C(=O)N(c5ccc(N6CCOCC6)cc5)C(=O)[C@@H]43)[C@H](c3ccc(CO)o3)[C@]2(c2ccc(Cl)cc2)C(=O)N1Nc1ccc(F)cc1. The van der Waals surface area contributed by atoms with Crippen molar-refractivity contribution >= 4 is 52.3 Å². The van der Waals surface area contributed by atoms with Gasteiger partial charge < -0.3 is 19.2 Å². The lowest BCUT2D eigenvalue weighted by Crippen LogP contribution is -2.53. The van der Waals surface area contributed by atoms with Crippen LogP contribution in [0.2, 0.25) is 5.02 Å². The van der Waals surface area contributed by atoms with Crippen molar-refractivity contribution in [2.45, 2.75) is 30.8 Å². The molecule has 276 valence electrons. The predicted molar refractivity (Wildman–Crippen MR) is 196 cm³/mol. The highest BCUT2D eigenvalue weighted by atomic mass is 35.5. The average molecular weight is 751 g/mol. The number of aliphatic hydroxyl groups is 1. The van der Waals surface area contributed by atoms with Gasteiger partial charge in [-0.1, -0.05) is 35.4 Å². The zero-order valence-electron chi connectivity index (χ0n) is 29.0. The number of imide groups is 2. The maximum atomic E-state index is 15.2. The number of carbonyl (C=O) groups is 4. The lowest BCUT2D eigenvalue weighted by Gasteiger charge is -2.49. The molecule has 3 aromatic carbocycles. The molecule has 9 rings (SSSR count). The quantitative estimate of drug-likeness (QED) is 0.183. The van der Waals surface area contributed by atoms with E-state index in [-0.39, 0.29) is 30.4 Å². The van der Waals surface area contributed by atoms with E-state index in [1.807, 2.05) is 18.2 Å². The monoisotopic (exact) mass is 750 g/mol. The number of hydrogen-bond donors (Lipinski definition) is 2. The van der Waals surface area contributed by atoms with Crippen LogP contribution in [0.4, 0.5) is 21.5 Å². The zero-order valence-corrected chi connectivity index (χ0v) is 29.7. The van der Waals surface area contributed by atoms with Crippen molar-refractivity contribution in [1.82, 2.24) is 5.01 Å². The molecule has 3 aliphatic heterocycles. The summed E-state index contributed by atoms with van der Waals surface area (Å²) in [5, 5.41) is 11.4. The average Bonchev–Trinajstić information content (AvgIpc) is 3.84. The molecule has 2 aliphatic carbocycles. The standard InChI is InChI=1S/C41H36ClFN4O7/c42-24-3-1-23(2-4-24)41-33(38(50)47(40(41)52)44-26-7-5-25(43)6-8-26)21-32-30(36(41)34-16-13-29(22-48)54-34)14-15-31-35(32)39(51)46(37(31)49)28-11-9-27(10-12-28)45-17-19-53-20-18-45/h1-14,16,31-33,35-36,44,48H,15,17-22H2/t31-,32+,33-,35-,36+,41+/m0/s1. The highest BCUT2D eigenvalue weighted by Crippen LogP contribution is 2.64. The largest absolute Gasteiger partial charge is 0.463 e. The summed E-state index contributed by atoms with van der Waals surface area (Å²) >= 11 is 6.35. The van der Waals surface area contributed by atoms with Gasteiger partial charge in [-0.25, -0.2) is 4.39 Å². The number of rotatable bonds is 7. The van der Waals surface area contributed by atoms with Crippen molar-refractivity contribution in [3.63, 3.8) is 0 Å². The van der Waals surface area contributed by atoms with E-state index in [0.717, 1.165) is 29.4 Å². The lowest BCUT2D eigenvalue weighted by atomic mass is 9.50. The van der Waals surface area contributed by atoms with E-state index in [0.29, 0.717) is 40.9 Å². The van der Waals surface area contributed by atoms with Crippen molar-refractivity contribution in [3.05, 3.63) is 125 Å². The molecule has 2 N–H and O–H groups in total. The van der Waals surface area contributed by atoms with Crippen LogP contribution in [0.3, 0.4) is 0 Å². The third kappa shape index (κ3) is 5.22. The fourth-order valence-corrected chi connectivity index (χ4v) is 9.61. The number of morpholine rings is 1. The second-order valence-electron chi connectivity index (χ2n) is 14.5. The van der Waals surface area contributed by atoms with Crippen LogP contribution in [0.15, 0.2) is 101 Å². The van der Waals surface area contributed by atoms with Crippen LogP contribution < -0.4 is 15.2 Å². The van der Waals surface area contributed by atoms with Crippen LogP contribution in [0.25, 0.3) is 0 Å². The summed E-state index contributed by atoms with van der Waals surface area (Å²) in [5.41, 5.74) is 4.36. The number of nitrogens with one attached hydrogen (secondary N) is 1. The van der Waals surface area contributed by atoms with Gasteiger partial charge in [-0.05, 0) is 97.1 Å². The minimum atomic E-state index is -1.57. The number of allylic oxidation sites excluding steroid dienone is 2. The number of furan rings is 1. The molecule has 6 atom stereocenters. The van der Waals surface area contributed by atoms with Gasteiger partial charge >= 0.3 is 0 Å². The van der Waals surface area contributed by atoms with Gasteiger partial charge in [0.2, 0.25) is 11.8 Å². The topological polar surface area (TPSA) is 133 Å². The van der Waals surface area contributed by atoms with E-state index in [9.17, 15) is 23.9 Å². The molecule has 3 saturated heterocycles. The molecule has 0 spiro atoms. The third-order valence-electron chi connectivity index (χ3n) is 11.9. The molecule has 1 aromatic heterocycles. The van der Waals surface area contributed by atoms with Crippen LogP contribution >= 0.6 is 11.6 Å². The first-order valence-electron chi connectivity index (χ1n) is 18.1. The fraction of sp³-hybridized carbons (Fsp3) is 0.317. The van der Waals surface area contributed by atoms with Gasteiger partial charge in [-0.3, -0.25) is 29.5 Å². The molecule has 0 radical (unpaired) electrons. The number of aliphatic hydroxyl groups excluding tert-OH is 1. The Bertz CT molecular complexity index is 2180. The molecule has 4 fully saturated rings. The number of amides is 4. The Kier molecular flexibility index (Phi) is 8.44. The van der Waals surface area contributed by atoms with E-state index in [1.165, 1.54) is 29.2 Å². The van der Waals surface area contributed by atoms with E-state index in [1.54, 1.807) is 48.5 Å². The lowest BCUT2D eigenvalue weighted by molar-refractivity contribution is -0.138. The Balaban J connectivity index is 1.15. The first kappa shape index (κ1) is 34.5. The van der Waals surface area contributed by atoms with E-state index in [2.05, 4.69) is 10.3 Å². The molecule has 4 heterocycles. The van der Waals surface area contributed by atoms with Gasteiger partial charge in [0, 0.05) is 23.8 Å². The molecular formula is C41H36ClFN4O7. The normalized spacial score (nSPS) is 27.9. The van der Waals surface area contributed by atoms with Crippen molar-refractivity contribution in [3.8, 4) is 0 Å². The minimum Gasteiger partial charge on any atom is -0.463 e. The second-order valence-corrected chi connectivity index (χ2v) is 14.9. The number of hydrogen-bond acceptors (Lipinski definition) is 9. The number of benzene rings is 3. The number of hydrazine groups is 1. The Morgan fingerprint density at radius 3 is 2.22 bits per heavy atom. The van der Waals surface area contributed by atoms with E-state index >= 15 is 4.79 Å². The summed E-state index contributed by atoms with van der Waals surface area (Å²) in [7, 11) is 0. The fourth-order valence-electron chi connectivity index (χ4n) is 9.49. The Labute approximate surface area is 314 Å². The Morgan fingerprint density at radius 2 is 1.54 bits per heavy atom. The van der Waals surface area contributed by atoms with Crippen molar-refractivity contribution in [1.29, 1.82) is 0 Å². The molecule has 13 heteroatoms. The van der Waals surface area contributed by atoms with E-state index < -0.39 is 59.2 Å². The first-order valence-corrected chi connectivity index (χ1v) is 18.4. The third-order valence-corrected chi connectivity index (χ3v) is 12.1. The van der Waals surface area contributed by atoms with Crippen molar-refractivity contribution in [2.24, 2.45) is 23.7 Å². The van der Waals surface area contributed by atoms with Crippen LogP contribution in [0.1, 0.15) is 35.8 Å². The number of halogens is 2. The number of anilines is 3. The summed E-state index contributed by atoms with van der Waals surface area (Å²) < 4.78 is 25.6. The van der Waals surface area contributed by atoms with Crippen molar-refractivity contribution in [2.75, 3.05) is 41.5 Å². The molecule has 0 unspecified atom stereocenters. The van der Waals surface area contributed by atoms with Gasteiger partial charge in [-0.15, -0.1) is 0 Å². The maximum Gasteiger partial charge on any atom is 0.260 e. The van der Waals surface area contributed by atoms with Gasteiger partial charge in [-0.2, -0.15) is 5.01 Å². The molecule has 4 amide bonds. The molecule has 0 bridgehead atoms. The van der Waals surface area contributed by atoms with Crippen LogP contribution in [0, 0.1) is 29.5 Å². The number of nitrogens with zero attached hydrogens (tertiary/aromatic N) is 3. The number of fused-ring (bicyclic) bond motifs is 4. The molecule has 1 saturated carbocycles. The second kappa shape index (κ2) is 13.2. The predicted octanol–water partition coefficient (Wildman–Crippen LogP) is 5.59. The summed E-state index contributed by atoms with van der Waals surface area (Å²) in [4.78, 5) is 62.2. The zero-order chi connectivity index (χ0) is 37.3. The first-order chi connectivity index (χ1) is 26.2. The minimum absolute atomic E-state index is 0.0920. The van der Waals surface area contributed by atoms with Crippen LogP contribution in [-0.4, -0.2) is 60.0 Å². The highest BCUT2D eigenvalue weighted by molar-refractivity contribution is 6.30. The summed E-state index contributed by atoms with van der Waals surface area (Å²) in [5.74, 6) is -5.61. The van der Waals surface area contributed by atoms with Gasteiger partial charge in [0.15, 0.2) is 0 Å². The maximum absolute atomic E-state index is 15.2. The van der Waals surface area contributed by atoms with Crippen LogP contribution in [0.5, 0.6) is 0 Å². The number of ether oxygens (including phenoxy) is 1. The Hall–Kier alpha value is -5.30. The molecular weight excluding hydrogens is 715 g/mol. The summed E-state index contributed by atoms with van der Waals surface area (Å²) in [6, 6.07) is 22.8. The molecule has 54 heavy (non-hydrogen) atoms. The highest BCUT2D eigenvalue weighted by Gasteiger charge is 2.71. The summed E-state index contributed by atoms with van der Waals surface area (Å²) in [6.45, 7) is 2.34. The molecule has 5 aliphatic rings. The van der Waals surface area contributed by atoms with Crippen LogP contribution in [-0.2, 0) is 35.9 Å². The smallest absolute Gasteiger partial charge is 0.260 e.